The van der Waals surface area contributed by atoms with Crippen LogP contribution in [0.3, 0.4) is 0 Å². The maximum atomic E-state index is 14.0. The maximum absolute atomic E-state index is 14.0. The molecular weight excluding hydrogens is 365 g/mol. The number of rotatable bonds is 7. The van der Waals surface area contributed by atoms with Crippen LogP contribution >= 0.6 is 0 Å². The van der Waals surface area contributed by atoms with Crippen LogP contribution in [0.2, 0.25) is 18.1 Å². The van der Waals surface area contributed by atoms with Crippen molar-refractivity contribution in [3.63, 3.8) is 0 Å². The molecule has 0 heterocycles. The van der Waals surface area contributed by atoms with Crippen molar-refractivity contribution < 1.29 is 37.9 Å². The predicted molar refractivity (Wildman–Crippen MR) is 70.9 cm³/mol. The summed E-state index contributed by atoms with van der Waals surface area (Å²) in [6.45, 7) is 4.33. The Labute approximate surface area is 121 Å². The summed E-state index contributed by atoms with van der Waals surface area (Å²) >= 11 is -12.2. The van der Waals surface area contributed by atoms with Gasteiger partial charge in [0.25, 0.3) is 0 Å². The predicted octanol–water partition coefficient (Wildman–Crippen LogP) is 6.10. The topological polar surface area (TPSA) is 18.5 Å². The van der Waals surface area contributed by atoms with Gasteiger partial charge in [0.05, 0.1) is 0 Å². The summed E-state index contributed by atoms with van der Waals surface area (Å²) in [5, 5.41) is 0. The van der Waals surface area contributed by atoms with Crippen LogP contribution in [-0.2, 0) is 17.7 Å². The molecule has 0 N–H and O–H groups in total. The molecule has 0 aromatic heterocycles. The molecule has 1 rings (SSSR count). The molecule has 121 valence electrons. The fourth-order valence-corrected chi connectivity index (χ4v) is 21.4. The Balaban J connectivity index is 3.34. The fraction of sp³-hybridized carbons (Fsp3) is 0.500. The molecule has 1 aromatic carbocycles. The van der Waals surface area contributed by atoms with Gasteiger partial charge in [-0.05, 0) is 0 Å². The van der Waals surface area contributed by atoms with Crippen molar-refractivity contribution in [2.24, 2.45) is 0 Å². The third-order valence-corrected chi connectivity index (χ3v) is 19.1. The first-order chi connectivity index (χ1) is 9.18. The zero-order chi connectivity index (χ0) is 16.5. The SMILES string of the molecule is CC[Si](CC)(CC)[O][Zn]([F])([F])([F])([F])([F])[O]c1ccccc1. The molecule has 21 heavy (non-hydrogen) atoms. The number of halogens is 5. The number of hydrogen-bond donors (Lipinski definition) is 0. The molecule has 0 fully saturated rings. The van der Waals surface area contributed by atoms with Crippen LogP contribution in [0, 0.1) is 0 Å². The Morgan fingerprint density at radius 1 is 0.857 bits per heavy atom. The summed E-state index contributed by atoms with van der Waals surface area (Å²) in [7, 11) is -3.64. The molecule has 0 aliphatic rings. The molecule has 0 aliphatic heterocycles. The molecule has 0 atom stereocenters. The van der Waals surface area contributed by atoms with E-state index in [1.165, 1.54) is 39.0 Å². The summed E-state index contributed by atoms with van der Waals surface area (Å²) in [4.78, 5) is 0. The van der Waals surface area contributed by atoms with E-state index in [1.54, 1.807) is 0 Å². The van der Waals surface area contributed by atoms with Crippen LogP contribution in [0.5, 0.6) is 5.75 Å². The Morgan fingerprint density at radius 3 is 1.67 bits per heavy atom. The minimum atomic E-state index is -12.2. The van der Waals surface area contributed by atoms with Crippen LogP contribution < -0.4 is 3.56 Å². The van der Waals surface area contributed by atoms with Crippen molar-refractivity contribution in [2.75, 3.05) is 0 Å². The normalized spacial score (nSPS) is 18.2. The molecule has 0 amide bonds. The third-order valence-electron chi connectivity index (χ3n) is 3.81. The fourth-order valence-electron chi connectivity index (χ4n) is 2.69. The van der Waals surface area contributed by atoms with Crippen molar-refractivity contribution in [2.45, 2.75) is 38.9 Å². The van der Waals surface area contributed by atoms with Crippen molar-refractivity contribution in [3.05, 3.63) is 30.3 Å². The van der Waals surface area contributed by atoms with Gasteiger partial charge in [-0.25, -0.2) is 0 Å². The minimum absolute atomic E-state index is 0.0548. The first-order valence-electron chi connectivity index (χ1n) is 7.41. The average molecular weight is 385 g/mol. The molecule has 0 aliphatic carbocycles. The summed E-state index contributed by atoms with van der Waals surface area (Å²) in [5.41, 5.74) is 0. The van der Waals surface area contributed by atoms with Crippen LogP contribution in [0.15, 0.2) is 30.3 Å². The van der Waals surface area contributed by atoms with Gasteiger partial charge in [-0.2, -0.15) is 0 Å². The van der Waals surface area contributed by atoms with Crippen LogP contribution in [-0.4, -0.2) is 8.32 Å². The van der Waals surface area contributed by atoms with Crippen molar-refractivity contribution in [1.29, 1.82) is 0 Å². The van der Waals surface area contributed by atoms with Gasteiger partial charge < -0.3 is 0 Å². The van der Waals surface area contributed by atoms with Crippen LogP contribution in [0.1, 0.15) is 20.8 Å². The van der Waals surface area contributed by atoms with E-state index in [0.717, 1.165) is 12.1 Å². The number of hydrogen-bond acceptors (Lipinski definition) is 2. The van der Waals surface area contributed by atoms with Gasteiger partial charge in [0.1, 0.15) is 0 Å². The molecule has 0 unspecified atom stereocenters. The van der Waals surface area contributed by atoms with Gasteiger partial charge in [-0.3, -0.25) is 0 Å². The van der Waals surface area contributed by atoms with Gasteiger partial charge in [0.15, 0.2) is 0 Å². The summed E-state index contributed by atoms with van der Waals surface area (Å²) in [6.07, 6.45) is 0. The van der Waals surface area contributed by atoms with Gasteiger partial charge in [-0.1, -0.05) is 0 Å². The van der Waals surface area contributed by atoms with E-state index in [9.17, 15) is 16.6 Å². The van der Waals surface area contributed by atoms with Crippen LogP contribution in [0.25, 0.3) is 0 Å². The monoisotopic (exact) mass is 383 g/mol. The van der Waals surface area contributed by atoms with Crippen molar-refractivity contribution in [1.82, 2.24) is 0 Å². The molecule has 1 aromatic rings. The molecular formula is C12H20F5O2SiZn. The zero-order valence-electron chi connectivity index (χ0n) is 12.4. The first kappa shape index (κ1) is 18.5. The van der Waals surface area contributed by atoms with E-state index in [2.05, 4.69) is 6.82 Å². The second-order valence-corrected chi connectivity index (χ2v) is 22.6. The summed E-state index contributed by atoms with van der Waals surface area (Å²) in [5.74, 6) is -0.953. The van der Waals surface area contributed by atoms with E-state index >= 15 is 0 Å². The molecule has 0 radical (unpaired) electrons. The molecule has 0 saturated heterocycles. The second kappa shape index (κ2) is 4.26. The Morgan fingerprint density at radius 2 is 1.29 bits per heavy atom. The van der Waals surface area contributed by atoms with Gasteiger partial charge in [0.2, 0.25) is 0 Å². The Hall–Kier alpha value is -0.530. The quantitative estimate of drug-likeness (QED) is 0.417. The molecule has 2 nitrogen and oxygen atoms in total. The van der Waals surface area contributed by atoms with E-state index in [0.29, 0.717) is 0 Å². The summed E-state index contributed by atoms with van der Waals surface area (Å²) in [6, 6.07) is 5.29. The molecule has 0 bridgehead atoms. The Bertz CT molecular complexity index is 511. The second-order valence-electron chi connectivity index (χ2n) is 6.06. The molecule has 9 heteroatoms. The van der Waals surface area contributed by atoms with Gasteiger partial charge in [-0.15, -0.1) is 0 Å². The van der Waals surface area contributed by atoms with E-state index < -0.39 is 28.5 Å². The first-order valence-corrected chi connectivity index (χ1v) is 18.0. The molecule has 0 saturated carbocycles. The number of benzene rings is 1. The van der Waals surface area contributed by atoms with E-state index in [-0.39, 0.29) is 18.1 Å². The van der Waals surface area contributed by atoms with Crippen LogP contribution in [0.4, 0.5) is 16.6 Å². The standard InChI is InChI=1S/C6H15OSi.C6H6O.5FH.Zn/c1-4-8(7,5-2)6-3;7-6-4-2-1-3-5-6;;;;;;/h4-6H2,1-3H3;1-5,7H;5*1H;/q-1;;;;;;;+7/p-6. The zero-order valence-corrected chi connectivity index (χ0v) is 16.4. The van der Waals surface area contributed by atoms with Crippen molar-refractivity contribution in [3.8, 4) is 5.75 Å². The third kappa shape index (κ3) is 5.30. The number of para-hydroxylation sites is 1. The molecule has 0 spiro atoms. The van der Waals surface area contributed by atoms with Gasteiger partial charge in [0, 0.05) is 0 Å². The van der Waals surface area contributed by atoms with Crippen molar-refractivity contribution >= 4 is 8.32 Å². The Kier molecular flexibility index (Phi) is 3.76. The van der Waals surface area contributed by atoms with Gasteiger partial charge >= 0.3 is 121 Å². The summed E-state index contributed by atoms with van der Waals surface area (Å²) < 4.78 is 77.3. The average Bonchev–Trinajstić information content (AvgIpc) is 2.35. The van der Waals surface area contributed by atoms with E-state index in [4.69, 9.17) is 0 Å². The van der Waals surface area contributed by atoms with E-state index in [1.807, 2.05) is 0 Å².